The normalized spacial score (nSPS) is 17.9. The van der Waals surface area contributed by atoms with Crippen molar-refractivity contribution in [1.29, 1.82) is 10.5 Å². The summed E-state index contributed by atoms with van der Waals surface area (Å²) in [6.07, 6.45) is 8.64. The van der Waals surface area contributed by atoms with Crippen molar-refractivity contribution in [2.24, 2.45) is 11.8 Å². The Bertz CT molecular complexity index is 3430. The van der Waals surface area contributed by atoms with Gasteiger partial charge in [-0.05, 0) is 260 Å². The Hall–Kier alpha value is -8.47. The molecule has 5 aromatic rings. The molecule has 1 fully saturated rings. The molecule has 90 heavy (non-hydrogen) atoms. The van der Waals surface area contributed by atoms with Crippen LogP contribution in [0.5, 0.6) is 40.2 Å². The number of aryl methyl sites for hydroxylation is 3. The number of hydrogen-bond acceptors (Lipinski definition) is 13. The maximum absolute atomic E-state index is 11.6. The minimum atomic E-state index is -1.13. The van der Waals surface area contributed by atoms with E-state index in [-0.39, 0.29) is 28.8 Å². The Morgan fingerprint density at radius 1 is 0.622 bits per heavy atom. The van der Waals surface area contributed by atoms with Gasteiger partial charge in [0.05, 0.1) is 67.1 Å². The summed E-state index contributed by atoms with van der Waals surface area (Å²) in [6, 6.07) is 28.8. The Balaban J connectivity index is 0.000000289. The van der Waals surface area contributed by atoms with Crippen LogP contribution in [-0.4, -0.2) is 86.2 Å². The highest BCUT2D eigenvalue weighted by molar-refractivity contribution is 5.82. The lowest BCUT2D eigenvalue weighted by Gasteiger charge is -2.47. The highest BCUT2D eigenvalue weighted by atomic mass is 16.5. The smallest absolute Gasteiger partial charge is 0.313 e. The van der Waals surface area contributed by atoms with Gasteiger partial charge in [0.2, 0.25) is 0 Å². The standard InChI is InChI=1S/C20H26O4.C12H15NO.C12H16O3.C10H11NO.C10H12O4.C10H18O/c1-11-6-7-14-13(8-11)17-15(21)9-12(19(2,3)18(22)23)10-16(17)24-20(14,4)5;1-9-5-10(12(2,3)8-13)7-11(6-9)14-4;1-8-5-9(7-10(6-8)15-4)12(2,3)11(13)14;1-8-5-9(3-4-11)7-10(6-8)12-2;1-10(2,9(13)14)6-3-7(11)5-8(12)4-6;1-8(2)9-4-6-10(3,11)7-5-9/h6,9-10,13-14,21H,7-8H2,1-5H3,(H,22,23);5-7H,1-4H3;5-7H,1-4H3,(H,13,14);5-7H,3H2,1-2H3;3-5,11-12H,1-2H3,(H,13,14);9,11H,1,4-7H2,2-3H3/t13?,14-;;;;;/m1...../s1. The number of fused-ring (bicyclic) bond motifs is 3. The lowest BCUT2D eigenvalue weighted by Crippen LogP contribution is -2.45. The lowest BCUT2D eigenvalue weighted by atomic mass is 9.67. The molecular weight excluding hydrogens is 1140 g/mol. The largest absolute Gasteiger partial charge is 0.508 e. The zero-order valence-electron chi connectivity index (χ0n) is 56.4. The third-order valence-electron chi connectivity index (χ3n) is 17.1. The van der Waals surface area contributed by atoms with E-state index >= 15 is 0 Å². The SMILES string of the molecule is C=C(C)C1CCC(C)(O)CC1.CC(C)(C(=O)O)c1cc(O)cc(O)c1.CC1=CC[C@@H]2C(C1)c1c(O)cc(C(C)(C)C(=O)O)cc1OC2(C)C.COc1cc(C)cc(C(C)(C)C#N)c1.COc1cc(C)cc(C(C)(C)C(=O)O)c1.COc1cc(C)cc(CC#N)c1. The highest BCUT2D eigenvalue weighted by Crippen LogP contribution is 2.55. The van der Waals surface area contributed by atoms with Gasteiger partial charge in [0, 0.05) is 23.5 Å². The monoisotopic (exact) mass is 1240 g/mol. The molecule has 1 unspecified atom stereocenters. The van der Waals surface area contributed by atoms with Crippen LogP contribution < -0.4 is 18.9 Å². The molecule has 3 aliphatic rings. The fourth-order valence-corrected chi connectivity index (χ4v) is 10.6. The molecular formula is C74H98N2O14. The number of ether oxygens (including phenoxy) is 4. The number of carboxylic acid groups (broad SMARTS) is 3. The van der Waals surface area contributed by atoms with Gasteiger partial charge in [0.15, 0.2) is 0 Å². The number of aliphatic hydroxyl groups is 1. The molecule has 0 amide bonds. The molecule has 0 bridgehead atoms. The number of benzene rings is 5. The fourth-order valence-electron chi connectivity index (χ4n) is 10.6. The van der Waals surface area contributed by atoms with E-state index in [4.69, 9.17) is 39.7 Å². The van der Waals surface area contributed by atoms with Gasteiger partial charge in [0.1, 0.15) is 45.8 Å². The average molecular weight is 1240 g/mol. The first kappa shape index (κ1) is 75.8. The second kappa shape index (κ2) is 31.3. The minimum absolute atomic E-state index is 0.144. The van der Waals surface area contributed by atoms with Crippen molar-refractivity contribution < 1.29 is 69.1 Å². The molecule has 1 saturated carbocycles. The Labute approximate surface area is 534 Å². The van der Waals surface area contributed by atoms with Crippen LogP contribution in [0.4, 0.5) is 0 Å². The molecule has 7 N–H and O–H groups in total. The first-order chi connectivity index (χ1) is 41.5. The zero-order valence-corrected chi connectivity index (χ0v) is 56.4. The van der Waals surface area contributed by atoms with Crippen LogP contribution in [0.2, 0.25) is 0 Å². The van der Waals surface area contributed by atoms with Gasteiger partial charge in [-0.1, -0.05) is 42.0 Å². The van der Waals surface area contributed by atoms with Crippen molar-refractivity contribution in [3.63, 3.8) is 0 Å². The number of nitriles is 2. The number of aliphatic carboxylic acids is 3. The number of nitrogens with zero attached hydrogens (tertiary/aromatic N) is 2. The number of rotatable bonds is 12. The van der Waals surface area contributed by atoms with E-state index in [1.54, 1.807) is 67.2 Å². The van der Waals surface area contributed by atoms with Gasteiger partial charge in [0.25, 0.3) is 0 Å². The van der Waals surface area contributed by atoms with Crippen molar-refractivity contribution in [3.05, 3.63) is 159 Å². The fraction of sp³-hybridized carbons (Fsp3) is 0.473. The van der Waals surface area contributed by atoms with E-state index in [1.807, 2.05) is 90.1 Å². The summed E-state index contributed by atoms with van der Waals surface area (Å²) < 4.78 is 21.6. The summed E-state index contributed by atoms with van der Waals surface area (Å²) >= 11 is 0. The molecule has 5 aromatic carbocycles. The van der Waals surface area contributed by atoms with Gasteiger partial charge >= 0.3 is 17.9 Å². The number of phenolic OH excluding ortho intramolecular Hbond substituents is 3. The highest BCUT2D eigenvalue weighted by Gasteiger charge is 2.46. The van der Waals surface area contributed by atoms with E-state index in [9.17, 15) is 39.9 Å². The molecule has 2 aliphatic carbocycles. The molecule has 16 heteroatoms. The van der Waals surface area contributed by atoms with Crippen molar-refractivity contribution in [1.82, 2.24) is 0 Å². The van der Waals surface area contributed by atoms with Gasteiger partial charge in [-0.3, -0.25) is 14.4 Å². The molecule has 0 spiro atoms. The molecule has 8 rings (SSSR count). The molecule has 0 saturated heterocycles. The van der Waals surface area contributed by atoms with E-state index < -0.39 is 45.2 Å². The predicted octanol–water partition coefficient (Wildman–Crippen LogP) is 15.6. The second-order valence-corrected chi connectivity index (χ2v) is 26.9. The van der Waals surface area contributed by atoms with Crippen LogP contribution in [0.15, 0.2) is 109 Å². The quantitative estimate of drug-likeness (QED) is 0.0572. The average Bonchev–Trinajstić information content (AvgIpc) is 0.746. The molecule has 1 heterocycles. The molecule has 1 aliphatic heterocycles. The zero-order chi connectivity index (χ0) is 68.7. The molecule has 2 atom stereocenters. The number of hydrogen-bond donors (Lipinski definition) is 7. The Kier molecular flexibility index (Phi) is 26.4. The first-order valence-corrected chi connectivity index (χ1v) is 30.1. The summed E-state index contributed by atoms with van der Waals surface area (Å²) in [4.78, 5) is 33.5. The maximum atomic E-state index is 11.6. The topological polar surface area (TPSA) is 277 Å². The number of phenols is 3. The summed E-state index contributed by atoms with van der Waals surface area (Å²) in [6.45, 7) is 33.6. The van der Waals surface area contributed by atoms with Gasteiger partial charge in [-0.15, -0.1) is 0 Å². The first-order valence-electron chi connectivity index (χ1n) is 30.1. The molecule has 0 aromatic heterocycles. The van der Waals surface area contributed by atoms with Crippen LogP contribution in [-0.2, 0) is 42.5 Å². The van der Waals surface area contributed by atoms with E-state index in [1.165, 1.54) is 37.1 Å². The van der Waals surface area contributed by atoms with Crippen LogP contribution in [0.25, 0.3) is 0 Å². The Morgan fingerprint density at radius 3 is 1.48 bits per heavy atom. The number of aromatic hydroxyl groups is 3. The van der Waals surface area contributed by atoms with E-state index in [0.717, 1.165) is 95.0 Å². The third kappa shape index (κ3) is 20.8. The van der Waals surface area contributed by atoms with Crippen LogP contribution in [0.1, 0.15) is 185 Å². The minimum Gasteiger partial charge on any atom is -0.508 e. The van der Waals surface area contributed by atoms with Crippen LogP contribution in [0, 0.1) is 55.3 Å². The Morgan fingerprint density at radius 2 is 1.04 bits per heavy atom. The van der Waals surface area contributed by atoms with Crippen LogP contribution >= 0.6 is 0 Å². The van der Waals surface area contributed by atoms with Crippen molar-refractivity contribution in [2.45, 2.75) is 195 Å². The number of allylic oxidation sites excluding steroid dienone is 3. The summed E-state index contributed by atoms with van der Waals surface area (Å²) in [7, 11) is 4.84. The number of carbonyl (C=O) groups is 3. The predicted molar refractivity (Wildman–Crippen MR) is 352 cm³/mol. The summed E-state index contributed by atoms with van der Waals surface area (Å²) in [5.41, 5.74) is 6.05. The number of carboxylic acids is 3. The van der Waals surface area contributed by atoms with Gasteiger partial charge in [-0.2, -0.15) is 10.5 Å². The molecule has 16 nitrogen and oxygen atoms in total. The lowest BCUT2D eigenvalue weighted by molar-refractivity contribution is -0.143. The second-order valence-electron chi connectivity index (χ2n) is 26.9. The van der Waals surface area contributed by atoms with Crippen molar-refractivity contribution in [2.75, 3.05) is 21.3 Å². The molecule has 0 radical (unpaired) electrons. The van der Waals surface area contributed by atoms with Crippen molar-refractivity contribution >= 4 is 17.9 Å². The van der Waals surface area contributed by atoms with Gasteiger partial charge in [-0.25, -0.2) is 0 Å². The van der Waals surface area contributed by atoms with E-state index in [0.29, 0.717) is 40.9 Å². The maximum Gasteiger partial charge on any atom is 0.313 e. The van der Waals surface area contributed by atoms with E-state index in [2.05, 4.69) is 52.5 Å². The third-order valence-corrected chi connectivity index (χ3v) is 17.1. The van der Waals surface area contributed by atoms with Crippen LogP contribution in [0.3, 0.4) is 0 Å². The molecule has 488 valence electrons. The van der Waals surface area contributed by atoms with Crippen molar-refractivity contribution in [3.8, 4) is 52.4 Å². The summed E-state index contributed by atoms with van der Waals surface area (Å²) in [5, 5.41) is 83.7. The van der Waals surface area contributed by atoms with Gasteiger partial charge < -0.3 is 54.7 Å². The summed E-state index contributed by atoms with van der Waals surface area (Å²) in [5.74, 6) is 1.21. The number of methoxy groups -OCH3 is 3.